The summed E-state index contributed by atoms with van der Waals surface area (Å²) in [5.41, 5.74) is 4.98. The summed E-state index contributed by atoms with van der Waals surface area (Å²) < 4.78 is 17.0. The number of aromatic nitrogens is 3. The molecular weight excluding hydrogens is 307 g/mol. The van der Waals surface area contributed by atoms with Gasteiger partial charge in [-0.1, -0.05) is 0 Å². The molecule has 1 amide bonds. The average molecular weight is 320 g/mol. The predicted molar refractivity (Wildman–Crippen MR) is 65.6 cm³/mol. The van der Waals surface area contributed by atoms with Crippen molar-refractivity contribution in [1.29, 1.82) is 0 Å². The maximum Gasteiger partial charge on any atom is 0.348 e. The van der Waals surface area contributed by atoms with Crippen molar-refractivity contribution in [2.75, 3.05) is 0 Å². The summed E-state index contributed by atoms with van der Waals surface area (Å²) in [5.74, 6) is -0.610. The summed E-state index contributed by atoms with van der Waals surface area (Å²) in [6.07, 6.45) is -3.17. The van der Waals surface area contributed by atoms with Crippen LogP contribution in [-0.4, -0.2) is 59.0 Å². The average Bonchev–Trinajstić information content (AvgIpc) is 2.94. The molecule has 0 spiro atoms. The maximum atomic E-state index is 10.9. The molecule has 0 aromatic carbocycles. The minimum atomic E-state index is -4.41. The number of hydrogen-bond acceptors (Lipinski definition) is 7. The van der Waals surface area contributed by atoms with E-state index in [2.05, 4.69) is 10.1 Å². The Morgan fingerprint density at radius 1 is 1.43 bits per heavy atom. The fraction of sp³-hybridized carbons (Fsp3) is 0.444. The van der Waals surface area contributed by atoms with Gasteiger partial charge in [-0.05, 0) is 6.08 Å². The molecule has 1 aliphatic rings. The molecule has 0 radical (unpaired) electrons. The highest BCUT2D eigenvalue weighted by Crippen LogP contribution is 2.38. The monoisotopic (exact) mass is 320 g/mol. The van der Waals surface area contributed by atoms with Crippen LogP contribution >= 0.6 is 7.60 Å². The molecule has 0 saturated carbocycles. The second-order valence-electron chi connectivity index (χ2n) is 4.32. The Morgan fingerprint density at radius 3 is 2.62 bits per heavy atom. The van der Waals surface area contributed by atoms with E-state index in [1.807, 2.05) is 0 Å². The lowest BCUT2D eigenvalue weighted by Crippen LogP contribution is -2.31. The van der Waals surface area contributed by atoms with E-state index in [0.717, 1.165) is 17.1 Å². The minimum Gasteiger partial charge on any atom is -0.387 e. The minimum absolute atomic E-state index is 0.297. The van der Waals surface area contributed by atoms with Crippen molar-refractivity contribution in [2.24, 2.45) is 5.73 Å². The van der Waals surface area contributed by atoms with Gasteiger partial charge in [0.05, 0.1) is 0 Å². The van der Waals surface area contributed by atoms with Gasteiger partial charge < -0.3 is 30.5 Å². The second-order valence-corrected chi connectivity index (χ2v) is 5.79. The van der Waals surface area contributed by atoms with Crippen LogP contribution in [0, 0.1) is 0 Å². The number of nitrogens with zero attached hydrogens (tertiary/aromatic N) is 3. The molecule has 1 aromatic rings. The fourth-order valence-corrected chi connectivity index (χ4v) is 2.16. The number of ether oxygens (including phenoxy) is 1. The van der Waals surface area contributed by atoms with Crippen molar-refractivity contribution in [2.45, 2.75) is 24.5 Å². The first-order valence-corrected chi connectivity index (χ1v) is 7.34. The summed E-state index contributed by atoms with van der Waals surface area (Å²) in [4.78, 5) is 31.9. The van der Waals surface area contributed by atoms with Gasteiger partial charge in [-0.3, -0.25) is 9.36 Å². The molecule has 1 saturated heterocycles. The highest BCUT2D eigenvalue weighted by molar-refractivity contribution is 7.55. The maximum absolute atomic E-state index is 10.9. The van der Waals surface area contributed by atoms with E-state index >= 15 is 0 Å². The smallest absolute Gasteiger partial charge is 0.348 e. The molecule has 6 N–H and O–H groups in total. The van der Waals surface area contributed by atoms with E-state index in [-0.39, 0.29) is 5.82 Å². The second kappa shape index (κ2) is 5.64. The van der Waals surface area contributed by atoms with Crippen molar-refractivity contribution in [1.82, 2.24) is 14.8 Å². The van der Waals surface area contributed by atoms with E-state index in [4.69, 9.17) is 20.3 Å². The number of primary amides is 1. The lowest BCUT2D eigenvalue weighted by molar-refractivity contribution is -0.0346. The lowest BCUT2D eigenvalue weighted by Gasteiger charge is -2.13. The number of carbonyl (C=O) groups is 1. The van der Waals surface area contributed by atoms with E-state index in [1.54, 1.807) is 0 Å². The first-order chi connectivity index (χ1) is 9.69. The van der Waals surface area contributed by atoms with Crippen LogP contribution in [0.5, 0.6) is 0 Å². The van der Waals surface area contributed by atoms with Crippen LogP contribution in [0.2, 0.25) is 0 Å². The largest absolute Gasteiger partial charge is 0.387 e. The molecule has 1 fully saturated rings. The van der Waals surface area contributed by atoms with Gasteiger partial charge in [0.15, 0.2) is 6.23 Å². The highest BCUT2D eigenvalue weighted by atomic mass is 31.2. The number of aliphatic hydroxyl groups is 2. The summed E-state index contributed by atoms with van der Waals surface area (Å²) in [6, 6.07) is 0. The van der Waals surface area contributed by atoms with Gasteiger partial charge in [-0.15, -0.1) is 5.10 Å². The van der Waals surface area contributed by atoms with Gasteiger partial charge in [0.25, 0.3) is 5.91 Å². The van der Waals surface area contributed by atoms with Crippen molar-refractivity contribution in [3.05, 3.63) is 24.0 Å². The molecule has 116 valence electrons. The van der Waals surface area contributed by atoms with Gasteiger partial charge in [-0.25, -0.2) is 9.67 Å². The summed E-state index contributed by atoms with van der Waals surface area (Å²) >= 11 is 0. The number of aliphatic hydroxyl groups excluding tert-OH is 2. The topological polar surface area (TPSA) is 181 Å². The number of carbonyl (C=O) groups excluding carboxylic acids is 1. The van der Waals surface area contributed by atoms with Crippen LogP contribution < -0.4 is 5.73 Å². The van der Waals surface area contributed by atoms with E-state index in [0.29, 0.717) is 5.82 Å². The van der Waals surface area contributed by atoms with Crippen molar-refractivity contribution in [3.63, 3.8) is 0 Å². The number of hydrogen-bond donors (Lipinski definition) is 5. The van der Waals surface area contributed by atoms with Crippen LogP contribution in [0.25, 0.3) is 0 Å². The normalized spacial score (nSPS) is 30.1. The standard InChI is InChI=1S/C9H13N4O7P/c10-7(16)8-11-3-13(12-8)9-6(15)5(14)4(20-9)1-2-21(17,18)19/h1-6,9,14-15H,(H2,10,16)(H2,17,18,19)/b2-1+/t4-,5-,6-,9-/m1/s1. The highest BCUT2D eigenvalue weighted by Gasteiger charge is 2.43. The SMILES string of the molecule is NC(=O)c1ncn([C@@H]2O[C@H](/C=C/P(=O)(O)O)[C@@H](O)[C@H]2O)n1. The molecule has 12 heteroatoms. The third kappa shape index (κ3) is 3.53. The molecule has 21 heavy (non-hydrogen) atoms. The first kappa shape index (κ1) is 15.8. The Hall–Kier alpha value is -1.62. The van der Waals surface area contributed by atoms with E-state index < -0.39 is 38.0 Å². The predicted octanol–water partition coefficient (Wildman–Crippen LogP) is -2.31. The van der Waals surface area contributed by atoms with Gasteiger partial charge in [-0.2, -0.15) is 0 Å². The van der Waals surface area contributed by atoms with Crippen molar-refractivity contribution >= 4 is 13.5 Å². The molecule has 0 unspecified atom stereocenters. The quantitative estimate of drug-likeness (QED) is 0.380. The molecule has 0 aliphatic carbocycles. The summed E-state index contributed by atoms with van der Waals surface area (Å²) in [6.45, 7) is 0. The molecule has 1 aliphatic heterocycles. The summed E-state index contributed by atoms with van der Waals surface area (Å²) in [7, 11) is -4.41. The molecule has 2 rings (SSSR count). The zero-order valence-corrected chi connectivity index (χ0v) is 11.3. The Labute approximate surface area is 117 Å². The number of amides is 1. The van der Waals surface area contributed by atoms with Crippen LogP contribution in [0.3, 0.4) is 0 Å². The van der Waals surface area contributed by atoms with Gasteiger partial charge in [0.1, 0.15) is 24.6 Å². The third-order valence-corrected chi connectivity index (χ3v) is 3.30. The Kier molecular flexibility index (Phi) is 4.23. The molecule has 1 aromatic heterocycles. The molecule has 0 bridgehead atoms. The molecular formula is C9H13N4O7P. The van der Waals surface area contributed by atoms with Gasteiger partial charge >= 0.3 is 7.60 Å². The number of nitrogens with two attached hydrogens (primary N) is 1. The Balaban J connectivity index is 2.17. The van der Waals surface area contributed by atoms with Gasteiger partial charge in [0, 0.05) is 5.82 Å². The fourth-order valence-electron chi connectivity index (χ4n) is 1.77. The zero-order valence-electron chi connectivity index (χ0n) is 10.4. The molecule has 4 atom stereocenters. The Morgan fingerprint density at radius 2 is 2.10 bits per heavy atom. The number of rotatable bonds is 4. The molecule has 11 nitrogen and oxygen atoms in total. The van der Waals surface area contributed by atoms with Crippen LogP contribution in [-0.2, 0) is 9.30 Å². The first-order valence-electron chi connectivity index (χ1n) is 5.66. The van der Waals surface area contributed by atoms with E-state index in [9.17, 15) is 19.6 Å². The third-order valence-electron chi connectivity index (χ3n) is 2.73. The van der Waals surface area contributed by atoms with Crippen molar-refractivity contribution in [3.8, 4) is 0 Å². The zero-order chi connectivity index (χ0) is 15.8. The lowest BCUT2D eigenvalue weighted by atomic mass is 10.1. The van der Waals surface area contributed by atoms with Crippen LogP contribution in [0.15, 0.2) is 18.2 Å². The van der Waals surface area contributed by atoms with Crippen LogP contribution in [0.1, 0.15) is 16.8 Å². The van der Waals surface area contributed by atoms with Crippen LogP contribution in [0.4, 0.5) is 0 Å². The van der Waals surface area contributed by atoms with E-state index in [1.165, 1.54) is 0 Å². The molecule has 2 heterocycles. The Bertz CT molecular complexity index is 611. The summed E-state index contributed by atoms with van der Waals surface area (Å²) in [5, 5.41) is 23.3. The van der Waals surface area contributed by atoms with Crippen molar-refractivity contribution < 1.29 is 34.1 Å². The van der Waals surface area contributed by atoms with Gasteiger partial charge in [0.2, 0.25) is 5.82 Å².